The lowest BCUT2D eigenvalue weighted by Crippen LogP contribution is -2.59. The van der Waals surface area contributed by atoms with Crippen LogP contribution in [0.15, 0.2) is 29.4 Å². The van der Waals surface area contributed by atoms with Crippen LogP contribution in [0.1, 0.15) is 57.9 Å². The molecule has 0 heterocycles. The average Bonchev–Trinajstić information content (AvgIpc) is 2.45. The van der Waals surface area contributed by atoms with Crippen molar-refractivity contribution >= 4 is 12.1 Å². The highest BCUT2D eigenvalue weighted by Gasteiger charge is 2.62. The zero-order valence-electron chi connectivity index (χ0n) is 14.5. The second-order valence-corrected chi connectivity index (χ2v) is 9.17. The SMILES string of the molecule is C[C@]12CC3CC(C(=O)N/N=C\c4ccccc4O)(C1)C[C@@](C)(C3)C2. The first-order chi connectivity index (χ1) is 11.3. The number of hydrazone groups is 1. The van der Waals surface area contributed by atoms with Crippen molar-refractivity contribution in [2.24, 2.45) is 27.3 Å². The molecule has 4 heteroatoms. The van der Waals surface area contributed by atoms with Crippen molar-refractivity contribution in [1.29, 1.82) is 0 Å². The van der Waals surface area contributed by atoms with Crippen molar-refractivity contribution in [2.75, 3.05) is 0 Å². The molecule has 2 N–H and O–H groups in total. The van der Waals surface area contributed by atoms with Crippen molar-refractivity contribution in [3.63, 3.8) is 0 Å². The number of phenols is 1. The minimum Gasteiger partial charge on any atom is -0.507 e. The van der Waals surface area contributed by atoms with Gasteiger partial charge in [0.05, 0.1) is 11.6 Å². The molecule has 1 amide bonds. The van der Waals surface area contributed by atoms with Gasteiger partial charge in [-0.2, -0.15) is 5.10 Å². The quantitative estimate of drug-likeness (QED) is 0.655. The molecule has 4 aliphatic rings. The third kappa shape index (κ3) is 2.52. The molecule has 5 rings (SSSR count). The summed E-state index contributed by atoms with van der Waals surface area (Å²) in [5.41, 5.74) is 3.76. The van der Waals surface area contributed by atoms with Crippen LogP contribution in [0, 0.1) is 22.2 Å². The average molecular weight is 326 g/mol. The number of para-hydroxylation sites is 1. The molecule has 4 fully saturated rings. The molecule has 1 aromatic carbocycles. The van der Waals surface area contributed by atoms with Crippen LogP contribution in [0.4, 0.5) is 0 Å². The van der Waals surface area contributed by atoms with Crippen molar-refractivity contribution < 1.29 is 9.90 Å². The van der Waals surface area contributed by atoms with Gasteiger partial charge in [-0.25, -0.2) is 5.43 Å². The van der Waals surface area contributed by atoms with Crippen LogP contribution in [-0.4, -0.2) is 17.2 Å². The summed E-state index contributed by atoms with van der Waals surface area (Å²) in [6.45, 7) is 4.73. The first-order valence-corrected chi connectivity index (χ1v) is 8.93. The van der Waals surface area contributed by atoms with Crippen LogP contribution in [0.2, 0.25) is 0 Å². The van der Waals surface area contributed by atoms with Crippen LogP contribution in [0.3, 0.4) is 0 Å². The Kier molecular flexibility index (Phi) is 3.32. The molecule has 0 saturated heterocycles. The first kappa shape index (κ1) is 15.7. The van der Waals surface area contributed by atoms with Crippen LogP contribution in [0.25, 0.3) is 0 Å². The fourth-order valence-corrected chi connectivity index (χ4v) is 6.58. The van der Waals surface area contributed by atoms with Gasteiger partial charge in [0, 0.05) is 5.56 Å². The monoisotopic (exact) mass is 326 g/mol. The maximum Gasteiger partial charge on any atom is 0.246 e. The van der Waals surface area contributed by atoms with Gasteiger partial charge in [0.2, 0.25) is 5.91 Å². The van der Waals surface area contributed by atoms with Crippen LogP contribution < -0.4 is 5.43 Å². The van der Waals surface area contributed by atoms with Crippen molar-refractivity contribution in [2.45, 2.75) is 52.4 Å². The zero-order valence-corrected chi connectivity index (χ0v) is 14.5. The lowest BCUT2D eigenvalue weighted by molar-refractivity contribution is -0.170. The Hall–Kier alpha value is -1.84. The summed E-state index contributed by atoms with van der Waals surface area (Å²) in [4.78, 5) is 13.0. The Morgan fingerprint density at radius 1 is 1.17 bits per heavy atom. The number of nitrogens with one attached hydrogen (secondary N) is 1. The Labute approximate surface area is 143 Å². The Morgan fingerprint density at radius 2 is 1.83 bits per heavy atom. The van der Waals surface area contributed by atoms with E-state index in [2.05, 4.69) is 24.4 Å². The predicted molar refractivity (Wildman–Crippen MR) is 93.7 cm³/mol. The van der Waals surface area contributed by atoms with Crippen molar-refractivity contribution in [3.8, 4) is 5.75 Å². The molecule has 128 valence electrons. The molecule has 0 aliphatic heterocycles. The standard InChI is InChI=1S/C20H26N2O2/c1-18-7-14-8-19(2,11-18)13-20(9-14,12-18)17(24)22-21-10-15-5-3-4-6-16(15)23/h3-6,10,14,23H,7-9,11-13H2,1-2H3,(H,22,24)/b21-10-/t14?,18-,19+,20?. The molecule has 0 radical (unpaired) electrons. The highest BCUT2D eigenvalue weighted by atomic mass is 16.3. The molecule has 24 heavy (non-hydrogen) atoms. The molecule has 4 bridgehead atoms. The third-order valence-electron chi connectivity index (χ3n) is 6.41. The second kappa shape index (κ2) is 5.08. The van der Waals surface area contributed by atoms with Gasteiger partial charge in [-0.05, 0) is 67.4 Å². The number of benzene rings is 1. The molecule has 4 aliphatic carbocycles. The van der Waals surface area contributed by atoms with E-state index in [0.29, 0.717) is 22.3 Å². The van der Waals surface area contributed by atoms with E-state index in [1.807, 2.05) is 6.07 Å². The number of phenolic OH excluding ortho intramolecular Hbond substituents is 1. The fourth-order valence-electron chi connectivity index (χ4n) is 6.58. The van der Waals surface area contributed by atoms with Gasteiger partial charge in [-0.3, -0.25) is 4.79 Å². The molecular weight excluding hydrogens is 300 g/mol. The number of carbonyl (C=O) groups excluding carboxylic acids is 1. The molecule has 0 spiro atoms. The summed E-state index contributed by atoms with van der Waals surface area (Å²) < 4.78 is 0. The highest BCUT2D eigenvalue weighted by molar-refractivity contribution is 5.87. The summed E-state index contributed by atoms with van der Waals surface area (Å²) in [6.07, 6.45) is 8.32. The first-order valence-electron chi connectivity index (χ1n) is 8.93. The van der Waals surface area contributed by atoms with Crippen molar-refractivity contribution in [3.05, 3.63) is 29.8 Å². The fraction of sp³-hybridized carbons (Fsp3) is 0.600. The van der Waals surface area contributed by atoms with Gasteiger partial charge in [0.15, 0.2) is 0 Å². The highest BCUT2D eigenvalue weighted by Crippen LogP contribution is 2.69. The molecular formula is C20H26N2O2. The van der Waals surface area contributed by atoms with Gasteiger partial charge in [0.25, 0.3) is 0 Å². The summed E-state index contributed by atoms with van der Waals surface area (Å²) in [5.74, 6) is 0.921. The number of hydrogen-bond donors (Lipinski definition) is 2. The molecule has 2 unspecified atom stereocenters. The summed E-state index contributed by atoms with van der Waals surface area (Å²) in [5, 5.41) is 13.9. The third-order valence-corrected chi connectivity index (χ3v) is 6.41. The van der Waals surface area contributed by atoms with Crippen LogP contribution in [0.5, 0.6) is 5.75 Å². The van der Waals surface area contributed by atoms with E-state index in [1.165, 1.54) is 25.5 Å². The minimum atomic E-state index is -0.251. The van der Waals surface area contributed by atoms with Gasteiger partial charge >= 0.3 is 0 Å². The van der Waals surface area contributed by atoms with Crippen molar-refractivity contribution in [1.82, 2.24) is 5.43 Å². The van der Waals surface area contributed by atoms with Crippen LogP contribution >= 0.6 is 0 Å². The van der Waals surface area contributed by atoms with E-state index in [-0.39, 0.29) is 17.1 Å². The summed E-state index contributed by atoms with van der Waals surface area (Å²) in [6, 6.07) is 6.99. The maximum atomic E-state index is 13.0. The molecule has 1 aromatic rings. The number of amides is 1. The Balaban J connectivity index is 1.51. The number of hydrogen-bond acceptors (Lipinski definition) is 3. The van der Waals surface area contributed by atoms with E-state index in [0.717, 1.165) is 19.3 Å². The van der Waals surface area contributed by atoms with Crippen LogP contribution in [-0.2, 0) is 4.79 Å². The largest absolute Gasteiger partial charge is 0.507 e. The van der Waals surface area contributed by atoms with E-state index in [4.69, 9.17) is 0 Å². The number of nitrogens with zero attached hydrogens (tertiary/aromatic N) is 1. The normalized spacial score (nSPS) is 40.2. The summed E-state index contributed by atoms with van der Waals surface area (Å²) in [7, 11) is 0. The summed E-state index contributed by atoms with van der Waals surface area (Å²) >= 11 is 0. The minimum absolute atomic E-state index is 0.0655. The van der Waals surface area contributed by atoms with E-state index >= 15 is 0 Å². The molecule has 4 nitrogen and oxygen atoms in total. The topological polar surface area (TPSA) is 61.7 Å². The van der Waals surface area contributed by atoms with Gasteiger partial charge in [0.1, 0.15) is 5.75 Å². The molecule has 4 saturated carbocycles. The molecule has 4 atom stereocenters. The van der Waals surface area contributed by atoms with Gasteiger partial charge < -0.3 is 5.11 Å². The zero-order chi connectivity index (χ0) is 17.0. The van der Waals surface area contributed by atoms with Gasteiger partial charge in [-0.1, -0.05) is 26.0 Å². The Bertz CT molecular complexity index is 693. The Morgan fingerprint density at radius 3 is 2.46 bits per heavy atom. The molecule has 0 aromatic heterocycles. The number of rotatable bonds is 3. The second-order valence-electron chi connectivity index (χ2n) is 9.17. The number of carbonyl (C=O) groups is 1. The lowest BCUT2D eigenvalue weighted by atomic mass is 9.40. The van der Waals surface area contributed by atoms with E-state index in [1.54, 1.807) is 18.2 Å². The maximum absolute atomic E-state index is 13.0. The predicted octanol–water partition coefficient (Wildman–Crippen LogP) is 3.84. The van der Waals surface area contributed by atoms with Gasteiger partial charge in [-0.15, -0.1) is 0 Å². The number of aromatic hydroxyl groups is 1. The van der Waals surface area contributed by atoms with E-state index < -0.39 is 0 Å². The lowest BCUT2D eigenvalue weighted by Gasteiger charge is -2.64. The van der Waals surface area contributed by atoms with E-state index in [9.17, 15) is 9.90 Å². The smallest absolute Gasteiger partial charge is 0.246 e.